The van der Waals surface area contributed by atoms with Gasteiger partial charge >= 0.3 is 12.4 Å². The second-order valence-corrected chi connectivity index (χ2v) is 10.6. The molecule has 4 saturated carbocycles. The van der Waals surface area contributed by atoms with E-state index in [0.29, 0.717) is 17.7 Å². The lowest BCUT2D eigenvalue weighted by Gasteiger charge is -2.57. The van der Waals surface area contributed by atoms with Crippen molar-refractivity contribution in [3.05, 3.63) is 64.7 Å². The Labute approximate surface area is 212 Å². The minimum absolute atomic E-state index is 0.0215. The molecule has 2 unspecified atom stereocenters. The Balaban J connectivity index is 1.50. The zero-order valence-corrected chi connectivity index (χ0v) is 20.9. The van der Waals surface area contributed by atoms with E-state index in [-0.39, 0.29) is 11.0 Å². The summed E-state index contributed by atoms with van der Waals surface area (Å²) < 4.78 is 17.2. The number of hydrogen-bond acceptors (Lipinski definition) is 5. The van der Waals surface area contributed by atoms with Crippen LogP contribution >= 0.6 is 0 Å². The molecule has 190 valence electrons. The van der Waals surface area contributed by atoms with Crippen LogP contribution in [0.3, 0.4) is 0 Å². The zero-order valence-electron chi connectivity index (χ0n) is 20.9. The van der Waals surface area contributed by atoms with Crippen molar-refractivity contribution in [2.45, 2.75) is 63.4 Å². The van der Waals surface area contributed by atoms with Gasteiger partial charge in [0, 0.05) is 18.2 Å². The van der Waals surface area contributed by atoms with Crippen LogP contribution in [0.4, 0.5) is 0 Å². The maximum Gasteiger partial charge on any atom is 0.336 e. The van der Waals surface area contributed by atoms with Gasteiger partial charge in [-0.25, -0.2) is 4.79 Å². The molecule has 6 heteroatoms. The third kappa shape index (κ3) is 4.88. The number of hydrogen-bond donors (Lipinski definition) is 2. The largest absolute Gasteiger partial charge is 0.478 e. The molecule has 0 heterocycles. The number of aliphatic hydroxyl groups excluding tert-OH is 1. The van der Waals surface area contributed by atoms with Crippen LogP contribution < -0.4 is 4.74 Å². The second kappa shape index (κ2) is 10.3. The van der Waals surface area contributed by atoms with Gasteiger partial charge in [-0.05, 0) is 98.4 Å². The first-order valence-corrected chi connectivity index (χ1v) is 12.9. The SMILES string of the molecule is CCOC(OC)Oc1ccc(C(O)C#Cc2ccccc2C(=O)O)cc1C12CC3CC(CC(C3)C1)C2. The number of methoxy groups -OCH3 is 1. The van der Waals surface area contributed by atoms with Crippen LogP contribution in [0.25, 0.3) is 0 Å². The van der Waals surface area contributed by atoms with Crippen molar-refractivity contribution >= 4 is 5.97 Å². The summed E-state index contributed by atoms with van der Waals surface area (Å²) in [4.78, 5) is 11.5. The van der Waals surface area contributed by atoms with E-state index in [1.807, 2.05) is 25.1 Å². The number of carboxylic acids is 1. The molecule has 0 saturated heterocycles. The monoisotopic (exact) mass is 490 g/mol. The molecule has 0 aliphatic heterocycles. The summed E-state index contributed by atoms with van der Waals surface area (Å²) in [6.45, 7) is 1.57. The molecule has 4 bridgehead atoms. The number of aliphatic hydroxyl groups is 1. The Hall–Kier alpha value is -2.85. The fourth-order valence-corrected chi connectivity index (χ4v) is 7.07. The van der Waals surface area contributed by atoms with Crippen LogP contribution in [0.1, 0.15) is 78.6 Å². The summed E-state index contributed by atoms with van der Waals surface area (Å²) >= 11 is 0. The molecule has 4 fully saturated rings. The van der Waals surface area contributed by atoms with Crippen molar-refractivity contribution in [1.82, 2.24) is 0 Å². The van der Waals surface area contributed by atoms with Crippen LogP contribution in [0.5, 0.6) is 5.75 Å². The number of carboxylic acid groups (broad SMARTS) is 1. The first kappa shape index (κ1) is 24.8. The molecule has 0 amide bonds. The highest BCUT2D eigenvalue weighted by molar-refractivity contribution is 5.90. The normalized spacial score (nSPS) is 27.7. The Morgan fingerprint density at radius 1 is 1.08 bits per heavy atom. The Morgan fingerprint density at radius 3 is 2.36 bits per heavy atom. The van der Waals surface area contributed by atoms with E-state index in [4.69, 9.17) is 14.2 Å². The summed E-state index contributed by atoms with van der Waals surface area (Å²) in [7, 11) is 1.56. The first-order chi connectivity index (χ1) is 17.4. The van der Waals surface area contributed by atoms with Gasteiger partial charge in [-0.2, -0.15) is 0 Å². The van der Waals surface area contributed by atoms with E-state index in [0.717, 1.165) is 48.3 Å². The fourth-order valence-electron chi connectivity index (χ4n) is 7.07. The van der Waals surface area contributed by atoms with Gasteiger partial charge in [0.15, 0.2) is 0 Å². The molecule has 6 nitrogen and oxygen atoms in total. The van der Waals surface area contributed by atoms with Crippen molar-refractivity contribution in [2.24, 2.45) is 17.8 Å². The Morgan fingerprint density at radius 2 is 1.75 bits per heavy atom. The van der Waals surface area contributed by atoms with Crippen molar-refractivity contribution < 1.29 is 29.2 Å². The van der Waals surface area contributed by atoms with E-state index in [2.05, 4.69) is 11.8 Å². The van der Waals surface area contributed by atoms with Gasteiger partial charge < -0.3 is 24.4 Å². The molecule has 2 aromatic carbocycles. The molecular formula is C30H34O6. The molecular weight excluding hydrogens is 456 g/mol. The maximum absolute atomic E-state index is 11.5. The molecule has 2 aromatic rings. The zero-order chi connectivity index (χ0) is 25.3. The highest BCUT2D eigenvalue weighted by Crippen LogP contribution is 2.62. The minimum atomic E-state index is -1.06. The Kier molecular flexibility index (Phi) is 7.07. The lowest BCUT2D eigenvalue weighted by molar-refractivity contribution is -0.231. The Bertz CT molecular complexity index is 1140. The van der Waals surface area contributed by atoms with E-state index in [1.165, 1.54) is 25.3 Å². The molecule has 6 rings (SSSR count). The average molecular weight is 491 g/mol. The van der Waals surface area contributed by atoms with Gasteiger partial charge in [0.2, 0.25) is 0 Å². The van der Waals surface area contributed by atoms with Gasteiger partial charge in [-0.15, -0.1) is 0 Å². The van der Waals surface area contributed by atoms with Gasteiger partial charge in [-0.1, -0.05) is 30.0 Å². The topological polar surface area (TPSA) is 85.2 Å². The van der Waals surface area contributed by atoms with Crippen molar-refractivity contribution in [3.8, 4) is 17.6 Å². The molecule has 4 aliphatic rings. The van der Waals surface area contributed by atoms with E-state index < -0.39 is 18.5 Å². The van der Waals surface area contributed by atoms with Crippen molar-refractivity contribution in [1.29, 1.82) is 0 Å². The number of ether oxygens (including phenoxy) is 3. The fraction of sp³-hybridized carbons (Fsp3) is 0.500. The van der Waals surface area contributed by atoms with E-state index in [9.17, 15) is 15.0 Å². The molecule has 0 aromatic heterocycles. The number of benzene rings is 2. The lowest BCUT2D eigenvalue weighted by Crippen LogP contribution is -2.48. The van der Waals surface area contributed by atoms with Crippen LogP contribution in [-0.2, 0) is 14.9 Å². The second-order valence-electron chi connectivity index (χ2n) is 10.6. The molecule has 36 heavy (non-hydrogen) atoms. The predicted molar refractivity (Wildman–Crippen MR) is 135 cm³/mol. The molecule has 0 radical (unpaired) electrons. The summed E-state index contributed by atoms with van der Waals surface area (Å²) in [5.74, 6) is 7.65. The first-order valence-electron chi connectivity index (χ1n) is 12.9. The summed E-state index contributed by atoms with van der Waals surface area (Å²) in [5, 5.41) is 20.4. The third-order valence-electron chi connectivity index (χ3n) is 8.15. The summed E-state index contributed by atoms with van der Waals surface area (Å²) in [6.07, 6.45) is 6.33. The maximum atomic E-state index is 11.5. The van der Waals surface area contributed by atoms with E-state index >= 15 is 0 Å². The van der Waals surface area contributed by atoms with Crippen LogP contribution in [-0.4, -0.2) is 36.4 Å². The average Bonchev–Trinajstić information content (AvgIpc) is 2.86. The smallest absolute Gasteiger partial charge is 0.336 e. The lowest BCUT2D eigenvalue weighted by atomic mass is 9.48. The number of rotatable bonds is 8. The number of carbonyl (C=O) groups is 1. The summed E-state index contributed by atoms with van der Waals surface area (Å²) in [6, 6.07) is 12.3. The molecule has 2 atom stereocenters. The molecule has 2 N–H and O–H groups in total. The minimum Gasteiger partial charge on any atom is -0.478 e. The van der Waals surface area contributed by atoms with Crippen molar-refractivity contribution in [3.63, 3.8) is 0 Å². The highest BCUT2D eigenvalue weighted by Gasteiger charge is 2.52. The van der Waals surface area contributed by atoms with Crippen LogP contribution in [0.2, 0.25) is 0 Å². The third-order valence-corrected chi connectivity index (χ3v) is 8.15. The molecule has 0 spiro atoms. The predicted octanol–water partition coefficient (Wildman–Crippen LogP) is 5.28. The summed E-state index contributed by atoms with van der Waals surface area (Å²) in [5.41, 5.74) is 2.31. The standard InChI is InChI=1S/C30H34O6/c1-3-35-29(34-2)36-27-11-9-23(26(31)10-8-22-6-4-5-7-24(22)28(32)33)15-25(27)30-16-19-12-20(17-30)14-21(13-19)18-30/h4-7,9,11,15,19-21,26,29,31H,3,12-14,16-18H2,1-2H3,(H,32,33). The molecule has 4 aliphatic carbocycles. The quantitative estimate of drug-likeness (QED) is 0.387. The van der Waals surface area contributed by atoms with Crippen LogP contribution in [0, 0.1) is 29.6 Å². The van der Waals surface area contributed by atoms with Gasteiger partial charge in [-0.3, -0.25) is 0 Å². The number of aromatic carboxylic acids is 1. The van der Waals surface area contributed by atoms with Gasteiger partial charge in [0.25, 0.3) is 0 Å². The van der Waals surface area contributed by atoms with Gasteiger partial charge in [0.05, 0.1) is 12.2 Å². The van der Waals surface area contributed by atoms with Crippen molar-refractivity contribution in [2.75, 3.05) is 13.7 Å². The van der Waals surface area contributed by atoms with E-state index in [1.54, 1.807) is 25.3 Å². The van der Waals surface area contributed by atoms with Gasteiger partial charge in [0.1, 0.15) is 11.9 Å². The van der Waals surface area contributed by atoms with Crippen LogP contribution in [0.15, 0.2) is 42.5 Å². The highest BCUT2D eigenvalue weighted by atomic mass is 16.8.